The third kappa shape index (κ3) is 5.71. The molecule has 0 aromatic heterocycles. The normalized spacial score (nSPS) is 13.9. The molecule has 1 aromatic carbocycles. The molecule has 0 radical (unpaired) electrons. The second-order valence-corrected chi connectivity index (χ2v) is 6.28. The second kappa shape index (κ2) is 8.53. The number of amides is 1. The van der Waals surface area contributed by atoms with E-state index in [1.165, 1.54) is 0 Å². The highest BCUT2D eigenvalue weighted by Gasteiger charge is 2.20. The van der Waals surface area contributed by atoms with Gasteiger partial charge in [-0.15, -0.1) is 0 Å². The Morgan fingerprint density at radius 3 is 2.65 bits per heavy atom. The minimum Gasteiger partial charge on any atom is -0.481 e. The topological polar surface area (TPSA) is 38.3 Å². The average molecular weight is 363 g/mol. The summed E-state index contributed by atoms with van der Waals surface area (Å²) in [6.07, 6.45) is 0.345. The minimum absolute atomic E-state index is 0.107. The van der Waals surface area contributed by atoms with Crippen molar-refractivity contribution >= 4 is 33.4 Å². The molecule has 0 aliphatic carbocycles. The zero-order valence-corrected chi connectivity index (χ0v) is 14.4. The van der Waals surface area contributed by atoms with Crippen molar-refractivity contribution in [2.75, 3.05) is 5.33 Å². The predicted molar refractivity (Wildman–Crippen MR) is 86.7 cm³/mol. The first-order valence-corrected chi connectivity index (χ1v) is 8.22. The van der Waals surface area contributed by atoms with E-state index in [0.717, 1.165) is 11.8 Å². The van der Waals surface area contributed by atoms with Gasteiger partial charge in [-0.3, -0.25) is 4.79 Å². The van der Waals surface area contributed by atoms with Crippen molar-refractivity contribution in [2.24, 2.45) is 5.92 Å². The fourth-order valence-corrected chi connectivity index (χ4v) is 2.46. The molecule has 2 unspecified atom stereocenters. The molecule has 0 saturated heterocycles. The van der Waals surface area contributed by atoms with Gasteiger partial charge in [0.25, 0.3) is 5.91 Å². The molecule has 1 N–H and O–H groups in total. The summed E-state index contributed by atoms with van der Waals surface area (Å²) in [5.74, 6) is 0.876. The van der Waals surface area contributed by atoms with Crippen LogP contribution in [0.2, 0.25) is 5.02 Å². The van der Waals surface area contributed by atoms with Gasteiger partial charge in [0.05, 0.1) is 0 Å². The Kier molecular flexibility index (Phi) is 7.38. The second-order valence-electron chi connectivity index (χ2n) is 5.05. The average Bonchev–Trinajstić information content (AvgIpc) is 2.37. The third-order valence-electron chi connectivity index (χ3n) is 3.03. The third-order valence-corrected chi connectivity index (χ3v) is 3.72. The number of hydrogen-bond donors (Lipinski definition) is 1. The molecule has 5 heteroatoms. The lowest BCUT2D eigenvalue weighted by Crippen LogP contribution is -2.45. The van der Waals surface area contributed by atoms with Gasteiger partial charge in [-0.1, -0.05) is 47.4 Å². The Labute approximate surface area is 134 Å². The van der Waals surface area contributed by atoms with Crippen molar-refractivity contribution in [1.82, 2.24) is 5.32 Å². The van der Waals surface area contributed by atoms with E-state index in [2.05, 4.69) is 35.1 Å². The maximum atomic E-state index is 12.1. The predicted octanol–water partition coefficient (Wildman–Crippen LogP) is 4.03. The van der Waals surface area contributed by atoms with E-state index < -0.39 is 6.10 Å². The lowest BCUT2D eigenvalue weighted by Gasteiger charge is -2.24. The highest BCUT2D eigenvalue weighted by molar-refractivity contribution is 9.09. The van der Waals surface area contributed by atoms with Gasteiger partial charge in [0.1, 0.15) is 5.75 Å². The first-order chi connectivity index (χ1) is 9.43. The Morgan fingerprint density at radius 2 is 2.10 bits per heavy atom. The number of alkyl halides is 1. The maximum absolute atomic E-state index is 12.1. The van der Waals surface area contributed by atoms with Crippen molar-refractivity contribution in [3.63, 3.8) is 0 Å². The molecule has 0 heterocycles. The number of carbonyl (C=O) groups is 1. The van der Waals surface area contributed by atoms with Crippen LogP contribution in [-0.2, 0) is 4.79 Å². The van der Waals surface area contributed by atoms with Gasteiger partial charge in [0.2, 0.25) is 0 Å². The monoisotopic (exact) mass is 361 g/mol. The Bertz CT molecular complexity index is 440. The van der Waals surface area contributed by atoms with Crippen LogP contribution in [0.3, 0.4) is 0 Å². The molecule has 0 aliphatic heterocycles. The van der Waals surface area contributed by atoms with Crippen LogP contribution in [0.25, 0.3) is 0 Å². The zero-order valence-electron chi connectivity index (χ0n) is 12.0. The van der Waals surface area contributed by atoms with Gasteiger partial charge < -0.3 is 10.1 Å². The van der Waals surface area contributed by atoms with E-state index in [9.17, 15) is 4.79 Å². The number of carbonyl (C=O) groups excluding carboxylic acids is 1. The van der Waals surface area contributed by atoms with Crippen molar-refractivity contribution in [1.29, 1.82) is 0 Å². The molecule has 0 bridgehead atoms. The van der Waals surface area contributed by atoms with E-state index in [4.69, 9.17) is 16.3 Å². The fourth-order valence-electron chi connectivity index (χ4n) is 1.79. The van der Waals surface area contributed by atoms with E-state index in [-0.39, 0.29) is 11.9 Å². The largest absolute Gasteiger partial charge is 0.481 e. The van der Waals surface area contributed by atoms with E-state index >= 15 is 0 Å². The van der Waals surface area contributed by atoms with Crippen molar-refractivity contribution < 1.29 is 9.53 Å². The van der Waals surface area contributed by atoms with Gasteiger partial charge in [-0.2, -0.15) is 0 Å². The summed E-state index contributed by atoms with van der Waals surface area (Å²) in [7, 11) is 0. The van der Waals surface area contributed by atoms with Crippen LogP contribution in [0.4, 0.5) is 0 Å². The number of rotatable bonds is 7. The molecule has 2 atom stereocenters. The number of halogens is 2. The summed E-state index contributed by atoms with van der Waals surface area (Å²) in [5, 5.41) is 4.48. The number of hydrogen-bond acceptors (Lipinski definition) is 2. The van der Waals surface area contributed by atoms with Crippen LogP contribution in [0.1, 0.15) is 27.2 Å². The van der Waals surface area contributed by atoms with Gasteiger partial charge in [-0.05, 0) is 37.5 Å². The van der Waals surface area contributed by atoms with Gasteiger partial charge >= 0.3 is 0 Å². The lowest BCUT2D eigenvalue weighted by molar-refractivity contribution is -0.128. The quantitative estimate of drug-likeness (QED) is 0.744. The van der Waals surface area contributed by atoms with Gasteiger partial charge in [-0.25, -0.2) is 0 Å². The number of ether oxygens (including phenoxy) is 1. The first kappa shape index (κ1) is 17.3. The SMILES string of the molecule is CC(Oc1cccc(Cl)c1)C(=O)NC(CCBr)C(C)C. The molecule has 3 nitrogen and oxygen atoms in total. The van der Waals surface area contributed by atoms with Gasteiger partial charge in [0, 0.05) is 16.4 Å². The molecule has 0 saturated carbocycles. The Hall–Kier alpha value is -0.740. The summed E-state index contributed by atoms with van der Waals surface area (Å²) in [5.41, 5.74) is 0. The molecular formula is C15H21BrClNO2. The van der Waals surface area contributed by atoms with Crippen molar-refractivity contribution in [3.05, 3.63) is 29.3 Å². The Morgan fingerprint density at radius 1 is 1.40 bits per heavy atom. The molecule has 1 rings (SSSR count). The van der Waals surface area contributed by atoms with Crippen molar-refractivity contribution in [2.45, 2.75) is 39.3 Å². The molecule has 1 amide bonds. The molecule has 20 heavy (non-hydrogen) atoms. The number of nitrogens with one attached hydrogen (secondary N) is 1. The smallest absolute Gasteiger partial charge is 0.261 e. The Balaban J connectivity index is 2.58. The van der Waals surface area contributed by atoms with Crippen LogP contribution in [0.5, 0.6) is 5.75 Å². The summed E-state index contributed by atoms with van der Waals surface area (Å²) in [6, 6.07) is 7.19. The zero-order chi connectivity index (χ0) is 15.1. The fraction of sp³-hybridized carbons (Fsp3) is 0.533. The van der Waals surface area contributed by atoms with E-state index in [1.807, 2.05) is 0 Å². The van der Waals surface area contributed by atoms with E-state index in [0.29, 0.717) is 16.7 Å². The molecule has 0 aliphatic rings. The number of benzene rings is 1. The summed E-state index contributed by atoms with van der Waals surface area (Å²) >= 11 is 9.30. The van der Waals surface area contributed by atoms with Crippen molar-refractivity contribution in [3.8, 4) is 5.75 Å². The summed E-state index contributed by atoms with van der Waals surface area (Å²) in [4.78, 5) is 12.1. The van der Waals surface area contributed by atoms with Crippen LogP contribution in [0, 0.1) is 5.92 Å². The van der Waals surface area contributed by atoms with Crippen LogP contribution < -0.4 is 10.1 Å². The molecule has 1 aromatic rings. The lowest BCUT2D eigenvalue weighted by atomic mass is 10.0. The molecular weight excluding hydrogens is 342 g/mol. The van der Waals surface area contributed by atoms with Crippen LogP contribution in [0.15, 0.2) is 24.3 Å². The van der Waals surface area contributed by atoms with E-state index in [1.54, 1.807) is 31.2 Å². The molecule has 0 fully saturated rings. The summed E-state index contributed by atoms with van der Waals surface area (Å²) < 4.78 is 5.61. The van der Waals surface area contributed by atoms with Gasteiger partial charge in [0.15, 0.2) is 6.10 Å². The minimum atomic E-state index is -0.551. The highest BCUT2D eigenvalue weighted by atomic mass is 79.9. The van der Waals surface area contributed by atoms with Crippen LogP contribution in [-0.4, -0.2) is 23.4 Å². The maximum Gasteiger partial charge on any atom is 0.261 e. The summed E-state index contributed by atoms with van der Waals surface area (Å²) in [6.45, 7) is 5.92. The standard InChI is InChI=1S/C15H21BrClNO2/c1-10(2)14(7-8-16)18-15(19)11(3)20-13-6-4-5-12(17)9-13/h4-6,9-11,14H,7-8H2,1-3H3,(H,18,19). The van der Waals surface area contributed by atoms with Crippen LogP contribution >= 0.6 is 27.5 Å². The molecule has 112 valence electrons. The highest BCUT2D eigenvalue weighted by Crippen LogP contribution is 2.18. The first-order valence-electron chi connectivity index (χ1n) is 6.72. The molecule has 0 spiro atoms.